The highest BCUT2D eigenvalue weighted by atomic mass is 35.5. The molecule has 2 saturated heterocycles. The minimum Gasteiger partial charge on any atom is -0.489 e. The molecule has 3 amide bonds. The van der Waals surface area contributed by atoms with Crippen LogP contribution in [0.5, 0.6) is 5.75 Å². The summed E-state index contributed by atoms with van der Waals surface area (Å²) in [5.41, 5.74) is 1.66. The number of amides is 3. The van der Waals surface area contributed by atoms with Crippen molar-refractivity contribution in [3.8, 4) is 5.75 Å². The summed E-state index contributed by atoms with van der Waals surface area (Å²) in [5, 5.41) is 3.33. The first-order valence-electron chi connectivity index (χ1n) is 9.76. The van der Waals surface area contributed by atoms with E-state index in [1.165, 1.54) is 9.80 Å². The van der Waals surface area contributed by atoms with Crippen molar-refractivity contribution in [1.82, 2.24) is 5.32 Å². The summed E-state index contributed by atoms with van der Waals surface area (Å²) in [6, 6.07) is 11.3. The van der Waals surface area contributed by atoms with E-state index in [-0.39, 0.29) is 25.1 Å². The first-order valence-corrected chi connectivity index (χ1v) is 10.1. The zero-order chi connectivity index (χ0) is 21.5. The normalized spacial score (nSPS) is 21.7. The number of carbonyl (C=O) groups excluding carboxylic acids is 3. The van der Waals surface area contributed by atoms with Crippen LogP contribution in [0.15, 0.2) is 42.5 Å². The van der Waals surface area contributed by atoms with E-state index in [9.17, 15) is 14.4 Å². The van der Waals surface area contributed by atoms with Crippen LogP contribution in [0, 0.1) is 0 Å². The largest absolute Gasteiger partial charge is 0.489 e. The number of hydrogen-bond acceptors (Lipinski definition) is 6. The monoisotopic (exact) mass is 443 g/mol. The van der Waals surface area contributed by atoms with Gasteiger partial charge in [0.25, 0.3) is 5.91 Å². The van der Waals surface area contributed by atoms with Crippen LogP contribution >= 0.6 is 11.6 Å². The molecular formula is C21H18ClN3O6. The van der Waals surface area contributed by atoms with Gasteiger partial charge in [0.15, 0.2) is 0 Å². The number of nitrogens with zero attached hydrogens (tertiary/aromatic N) is 2. The number of rotatable bonds is 4. The van der Waals surface area contributed by atoms with Crippen LogP contribution in [0.25, 0.3) is 0 Å². The van der Waals surface area contributed by atoms with Gasteiger partial charge in [-0.1, -0.05) is 11.6 Å². The van der Waals surface area contributed by atoms with Crippen LogP contribution in [0.1, 0.15) is 10.4 Å². The summed E-state index contributed by atoms with van der Waals surface area (Å²) < 4.78 is 16.3. The van der Waals surface area contributed by atoms with Crippen molar-refractivity contribution >= 4 is 41.1 Å². The minimum atomic E-state index is -0.565. The summed E-state index contributed by atoms with van der Waals surface area (Å²) in [5.74, 6) is 0.196. The number of nitrogens with one attached hydrogen (secondary N) is 1. The Morgan fingerprint density at radius 1 is 1.10 bits per heavy atom. The Labute approximate surface area is 182 Å². The number of anilines is 2. The molecule has 2 atom stereocenters. The maximum atomic E-state index is 12.6. The van der Waals surface area contributed by atoms with Gasteiger partial charge in [-0.2, -0.15) is 0 Å². The molecule has 2 fully saturated rings. The van der Waals surface area contributed by atoms with E-state index in [1.807, 2.05) is 0 Å². The Morgan fingerprint density at radius 2 is 1.90 bits per heavy atom. The van der Waals surface area contributed by atoms with E-state index in [0.717, 1.165) is 0 Å². The lowest BCUT2D eigenvalue weighted by Crippen LogP contribution is -2.47. The van der Waals surface area contributed by atoms with E-state index in [4.69, 9.17) is 25.8 Å². The molecule has 160 valence electrons. The third-order valence-corrected chi connectivity index (χ3v) is 5.72. The number of cyclic esters (lactones) is 2. The summed E-state index contributed by atoms with van der Waals surface area (Å²) in [7, 11) is 0. The van der Waals surface area contributed by atoms with Gasteiger partial charge in [-0.25, -0.2) is 9.59 Å². The average Bonchev–Trinajstić information content (AvgIpc) is 3.35. The van der Waals surface area contributed by atoms with Crippen molar-refractivity contribution in [2.75, 3.05) is 36.1 Å². The fourth-order valence-corrected chi connectivity index (χ4v) is 4.01. The summed E-state index contributed by atoms with van der Waals surface area (Å²) in [6.07, 6.45) is -1.48. The maximum Gasteiger partial charge on any atom is 0.415 e. The van der Waals surface area contributed by atoms with E-state index in [0.29, 0.717) is 40.9 Å². The quantitative estimate of drug-likeness (QED) is 0.780. The molecule has 31 heavy (non-hydrogen) atoms. The lowest BCUT2D eigenvalue weighted by Gasteiger charge is -2.31. The molecule has 10 heteroatoms. The molecule has 5 rings (SSSR count). The highest BCUT2D eigenvalue weighted by Gasteiger charge is 2.46. The van der Waals surface area contributed by atoms with Crippen molar-refractivity contribution in [3.05, 3.63) is 53.1 Å². The van der Waals surface area contributed by atoms with Crippen LogP contribution in [0.4, 0.5) is 21.0 Å². The zero-order valence-corrected chi connectivity index (χ0v) is 17.0. The first-order chi connectivity index (χ1) is 15.0. The lowest BCUT2D eigenvalue weighted by atomic mass is 10.1. The third kappa shape index (κ3) is 3.50. The Balaban J connectivity index is 1.29. The fraction of sp³-hybridized carbons (Fsp3) is 0.286. The number of benzene rings is 2. The Morgan fingerprint density at radius 3 is 2.65 bits per heavy atom. The molecule has 0 unspecified atom stereocenters. The predicted molar refractivity (Wildman–Crippen MR) is 111 cm³/mol. The molecule has 2 aromatic rings. The second-order valence-corrected chi connectivity index (χ2v) is 7.74. The molecule has 2 aromatic carbocycles. The average molecular weight is 444 g/mol. The zero-order valence-electron chi connectivity index (χ0n) is 16.2. The number of ether oxygens (including phenoxy) is 3. The van der Waals surface area contributed by atoms with Crippen LogP contribution in [-0.2, 0) is 9.47 Å². The number of fused-ring (bicyclic) bond motifs is 3. The molecular weight excluding hydrogens is 426 g/mol. The molecule has 3 aliphatic rings. The molecule has 0 saturated carbocycles. The Bertz CT molecular complexity index is 1060. The van der Waals surface area contributed by atoms with Crippen molar-refractivity contribution < 1.29 is 28.6 Å². The molecule has 0 radical (unpaired) electrons. The van der Waals surface area contributed by atoms with E-state index >= 15 is 0 Å². The van der Waals surface area contributed by atoms with E-state index < -0.39 is 18.3 Å². The lowest BCUT2D eigenvalue weighted by molar-refractivity contribution is 0.0886. The number of hydrogen-bond donors (Lipinski definition) is 1. The summed E-state index contributed by atoms with van der Waals surface area (Å²) in [4.78, 5) is 39.8. The fourth-order valence-electron chi connectivity index (χ4n) is 3.89. The van der Waals surface area contributed by atoms with Crippen LogP contribution in [0.3, 0.4) is 0 Å². The van der Waals surface area contributed by atoms with Crippen LogP contribution in [-0.4, -0.2) is 56.5 Å². The Hall–Kier alpha value is -3.46. The van der Waals surface area contributed by atoms with Gasteiger partial charge in [0.1, 0.15) is 31.1 Å². The number of halogens is 1. The topological polar surface area (TPSA) is 97.4 Å². The minimum absolute atomic E-state index is 0.144. The molecule has 3 heterocycles. The smallest absolute Gasteiger partial charge is 0.415 e. The van der Waals surface area contributed by atoms with Gasteiger partial charge in [-0.05, 0) is 36.4 Å². The molecule has 0 spiro atoms. The highest BCUT2D eigenvalue weighted by molar-refractivity contribution is 6.30. The SMILES string of the molecule is O=C(NC[C@@H]1OC(=O)N2c3ccc(N4CCOC4=O)cc3OC[C@@H]12)c1ccc(Cl)cc1. The standard InChI is InChI=1S/C21H18ClN3O6/c22-13-3-1-12(2-4-13)19(26)23-10-18-16-11-30-17-9-14(24-7-8-29-20(24)27)5-6-15(17)25(16)21(28)31-18/h1-6,9,16,18H,7-8,10-11H2,(H,23,26)/t16-,18-/m0/s1. The molecule has 0 aromatic heterocycles. The van der Waals surface area contributed by atoms with Crippen LogP contribution < -0.4 is 19.9 Å². The van der Waals surface area contributed by atoms with Gasteiger partial charge >= 0.3 is 12.2 Å². The van der Waals surface area contributed by atoms with Gasteiger partial charge in [-0.15, -0.1) is 0 Å². The van der Waals surface area contributed by atoms with Gasteiger partial charge in [0, 0.05) is 16.7 Å². The summed E-state index contributed by atoms with van der Waals surface area (Å²) in [6.45, 7) is 1.14. The summed E-state index contributed by atoms with van der Waals surface area (Å²) >= 11 is 5.85. The van der Waals surface area contributed by atoms with Gasteiger partial charge < -0.3 is 19.5 Å². The van der Waals surface area contributed by atoms with Crippen molar-refractivity contribution in [2.45, 2.75) is 12.1 Å². The molecule has 0 aliphatic carbocycles. The Kier molecular flexibility index (Phi) is 4.82. The van der Waals surface area contributed by atoms with E-state index in [2.05, 4.69) is 5.32 Å². The van der Waals surface area contributed by atoms with E-state index in [1.54, 1.807) is 42.5 Å². The second-order valence-electron chi connectivity index (χ2n) is 7.31. The predicted octanol–water partition coefficient (Wildman–Crippen LogP) is 2.81. The second kappa shape index (κ2) is 7.66. The van der Waals surface area contributed by atoms with Crippen molar-refractivity contribution in [2.24, 2.45) is 0 Å². The first kappa shape index (κ1) is 19.5. The molecule has 1 N–H and O–H groups in total. The van der Waals surface area contributed by atoms with Crippen LogP contribution in [0.2, 0.25) is 5.02 Å². The molecule has 9 nitrogen and oxygen atoms in total. The van der Waals surface area contributed by atoms with Gasteiger partial charge in [0.2, 0.25) is 0 Å². The maximum absolute atomic E-state index is 12.6. The molecule has 3 aliphatic heterocycles. The third-order valence-electron chi connectivity index (χ3n) is 5.46. The number of carbonyl (C=O) groups is 3. The van der Waals surface area contributed by atoms with Gasteiger partial charge in [0.05, 0.1) is 24.5 Å². The van der Waals surface area contributed by atoms with Crippen molar-refractivity contribution in [1.29, 1.82) is 0 Å². The molecule has 0 bridgehead atoms. The highest BCUT2D eigenvalue weighted by Crippen LogP contribution is 2.41. The van der Waals surface area contributed by atoms with Gasteiger partial charge in [-0.3, -0.25) is 14.6 Å². The van der Waals surface area contributed by atoms with Crippen molar-refractivity contribution in [3.63, 3.8) is 0 Å².